The highest BCUT2D eigenvalue weighted by Gasteiger charge is 2.27. The molecule has 0 spiro atoms. The number of hydrazone groups is 2. The molecule has 0 aromatic heterocycles. The molecule has 0 bridgehead atoms. The Hall–Kier alpha value is -5.94. The van der Waals surface area contributed by atoms with Gasteiger partial charge in [0.2, 0.25) is 11.6 Å². The van der Waals surface area contributed by atoms with Crippen molar-refractivity contribution in [1.29, 1.82) is 0 Å². The van der Waals surface area contributed by atoms with Crippen LogP contribution < -0.4 is 20.3 Å². The molecule has 0 fully saturated rings. The van der Waals surface area contributed by atoms with Crippen molar-refractivity contribution < 1.29 is 45.0 Å². The molecule has 14 nitrogen and oxygen atoms in total. The topological polar surface area (TPSA) is 216 Å². The molecule has 2 aliphatic carbocycles. The summed E-state index contributed by atoms with van der Waals surface area (Å²) in [6.45, 7) is 0. The smallest absolute Gasteiger partial charge is 0.213 e. The van der Waals surface area contributed by atoms with Crippen LogP contribution in [0.5, 0.6) is 11.5 Å². The number of benzene rings is 4. The van der Waals surface area contributed by atoms with Crippen molar-refractivity contribution in [3.63, 3.8) is 0 Å². The molecule has 0 aliphatic heterocycles. The number of hydrogen-bond acceptors (Lipinski definition) is 14. The summed E-state index contributed by atoms with van der Waals surface area (Å²) in [4.78, 5) is 25.0. The van der Waals surface area contributed by atoms with E-state index in [1.54, 1.807) is 42.5 Å². The van der Waals surface area contributed by atoms with Gasteiger partial charge in [0, 0.05) is 22.3 Å². The predicted octanol–water partition coefficient (Wildman–Crippen LogP) is 4.50. The van der Waals surface area contributed by atoms with Gasteiger partial charge in [-0.05, 0) is 53.6 Å². The fourth-order valence-electron chi connectivity index (χ4n) is 5.35. The van der Waals surface area contributed by atoms with Crippen molar-refractivity contribution in [1.82, 2.24) is 0 Å². The second-order valence-electron chi connectivity index (χ2n) is 10.7. The SMILES string of the molecule is COc1cc(-c2ccc(NN=C3C=Cc4c(cccc4S(=O)(=O)[O-])C3=O)c(OC)c2)ccc1NN=C1C=C(S(=O)(=O)[O-])c2ccccc2C1=O. The number of anilines is 2. The van der Waals surface area contributed by atoms with Gasteiger partial charge in [0.05, 0.1) is 35.4 Å². The van der Waals surface area contributed by atoms with Gasteiger partial charge >= 0.3 is 0 Å². The zero-order valence-electron chi connectivity index (χ0n) is 26.0. The molecule has 6 rings (SSSR count). The summed E-state index contributed by atoms with van der Waals surface area (Å²) in [7, 11) is -6.83. The highest BCUT2D eigenvalue weighted by molar-refractivity contribution is 7.95. The molecule has 4 aromatic carbocycles. The molecule has 2 aliphatic rings. The number of fused-ring (bicyclic) bond motifs is 2. The van der Waals surface area contributed by atoms with Crippen LogP contribution in [0, 0.1) is 0 Å². The lowest BCUT2D eigenvalue weighted by Gasteiger charge is -2.20. The number of carbonyl (C=O) groups is 2. The van der Waals surface area contributed by atoms with Crippen LogP contribution in [0.1, 0.15) is 31.8 Å². The van der Waals surface area contributed by atoms with Crippen LogP contribution in [-0.2, 0) is 20.2 Å². The first-order valence-electron chi connectivity index (χ1n) is 14.5. The molecule has 4 aromatic rings. The Morgan fingerprint density at radius 1 is 0.620 bits per heavy atom. The van der Waals surface area contributed by atoms with Gasteiger partial charge in [-0.3, -0.25) is 20.4 Å². The minimum atomic E-state index is -4.91. The third-order valence-corrected chi connectivity index (χ3v) is 9.53. The van der Waals surface area contributed by atoms with Gasteiger partial charge in [-0.1, -0.05) is 54.6 Å². The number of nitrogens with one attached hydrogen (secondary N) is 2. The Morgan fingerprint density at radius 2 is 1.16 bits per heavy atom. The van der Waals surface area contributed by atoms with Crippen LogP contribution >= 0.6 is 0 Å². The first-order valence-corrected chi connectivity index (χ1v) is 17.3. The van der Waals surface area contributed by atoms with Gasteiger partial charge in [0.25, 0.3) is 0 Å². The third-order valence-electron chi connectivity index (χ3n) is 7.76. The van der Waals surface area contributed by atoms with Crippen molar-refractivity contribution in [2.75, 3.05) is 25.1 Å². The number of ketones is 2. The van der Waals surface area contributed by atoms with E-state index in [1.807, 2.05) is 0 Å². The minimum absolute atomic E-state index is 0.00591. The molecule has 0 saturated carbocycles. The number of rotatable bonds is 9. The molecule has 16 heteroatoms. The molecule has 0 radical (unpaired) electrons. The average Bonchev–Trinajstić information content (AvgIpc) is 3.10. The third kappa shape index (κ3) is 6.55. The monoisotopic (exact) mass is 712 g/mol. The van der Waals surface area contributed by atoms with Crippen molar-refractivity contribution >= 4 is 65.6 Å². The number of hydrogen-bond donors (Lipinski definition) is 2. The number of ether oxygens (including phenoxy) is 2. The van der Waals surface area contributed by atoms with Crippen LogP contribution in [0.2, 0.25) is 0 Å². The Balaban J connectivity index is 1.23. The number of allylic oxidation sites excluding steroid dienone is 2. The van der Waals surface area contributed by atoms with Crippen molar-refractivity contribution in [2.24, 2.45) is 10.2 Å². The van der Waals surface area contributed by atoms with E-state index >= 15 is 0 Å². The fraction of sp³-hybridized carbons (Fsp3) is 0.0588. The second kappa shape index (κ2) is 13.2. The lowest BCUT2D eigenvalue weighted by molar-refractivity contribution is 0.105. The highest BCUT2D eigenvalue weighted by atomic mass is 32.2. The zero-order valence-corrected chi connectivity index (χ0v) is 27.7. The van der Waals surface area contributed by atoms with Gasteiger partial charge < -0.3 is 18.6 Å². The molecular weight excluding hydrogens is 689 g/mol. The predicted molar refractivity (Wildman–Crippen MR) is 183 cm³/mol. The molecule has 0 saturated heterocycles. The lowest BCUT2D eigenvalue weighted by Crippen LogP contribution is -2.22. The van der Waals surface area contributed by atoms with Gasteiger partial charge in [-0.2, -0.15) is 10.2 Å². The molecule has 0 amide bonds. The first kappa shape index (κ1) is 33.9. The summed E-state index contributed by atoms with van der Waals surface area (Å²) >= 11 is 0. The quantitative estimate of drug-likeness (QED) is 0.181. The van der Waals surface area contributed by atoms with E-state index in [2.05, 4.69) is 21.1 Å². The standard InChI is InChI=1S/C34H26N4O10S2/c1-47-29-16-19(10-13-25(29)35-37-27-15-12-22-24(33(27)39)8-5-9-31(22)49(41,42)43)20-11-14-26(30(17-20)48-2)36-38-28-18-32(50(44,45)46)21-6-3-4-7-23(21)34(28)40/h3-18,35-36H,1-2H3,(H,41,42,43)(H,44,45,46)/p-2. The number of carbonyl (C=O) groups excluding carboxylic acids is 2. The summed E-state index contributed by atoms with van der Waals surface area (Å²) in [5.41, 5.74) is 7.39. The van der Waals surface area contributed by atoms with Crippen LogP contribution in [0.15, 0.2) is 106 Å². The van der Waals surface area contributed by atoms with E-state index < -0.39 is 41.6 Å². The maximum atomic E-state index is 13.0. The van der Waals surface area contributed by atoms with Crippen LogP contribution in [0.25, 0.3) is 22.1 Å². The maximum Gasteiger partial charge on any atom is 0.213 e. The molecule has 50 heavy (non-hydrogen) atoms. The zero-order chi connectivity index (χ0) is 35.8. The van der Waals surface area contributed by atoms with E-state index in [0.29, 0.717) is 34.0 Å². The lowest BCUT2D eigenvalue weighted by atomic mass is 9.95. The summed E-state index contributed by atoms with van der Waals surface area (Å²) in [5, 5.41) is 8.26. The summed E-state index contributed by atoms with van der Waals surface area (Å²) in [6.07, 6.45) is 3.59. The largest absolute Gasteiger partial charge is 0.744 e. The van der Waals surface area contributed by atoms with Gasteiger partial charge in [-0.15, -0.1) is 0 Å². The summed E-state index contributed by atoms with van der Waals surface area (Å²) in [6, 6.07) is 19.9. The molecule has 2 N–H and O–H groups in total. The van der Waals surface area contributed by atoms with E-state index in [4.69, 9.17) is 9.47 Å². The Kier molecular flexibility index (Phi) is 8.94. The number of methoxy groups -OCH3 is 2. The van der Waals surface area contributed by atoms with Crippen molar-refractivity contribution in [3.05, 3.63) is 113 Å². The van der Waals surface area contributed by atoms with Gasteiger partial charge in [0.1, 0.15) is 43.2 Å². The van der Waals surface area contributed by atoms with Crippen molar-refractivity contribution in [2.45, 2.75) is 4.90 Å². The van der Waals surface area contributed by atoms with Crippen molar-refractivity contribution in [3.8, 4) is 22.6 Å². The van der Waals surface area contributed by atoms with Crippen LogP contribution in [0.3, 0.4) is 0 Å². The number of nitrogens with zero attached hydrogens (tertiary/aromatic N) is 2. The molecule has 0 unspecified atom stereocenters. The van der Waals surface area contributed by atoms with E-state index in [-0.39, 0.29) is 33.7 Å². The maximum absolute atomic E-state index is 13.0. The van der Waals surface area contributed by atoms with Gasteiger partial charge in [0.15, 0.2) is 0 Å². The van der Waals surface area contributed by atoms with Gasteiger partial charge in [-0.25, -0.2) is 16.8 Å². The molecule has 0 atom stereocenters. The number of Topliss-reactive ketones (excluding diaryl/α,β-unsaturated/α-hetero) is 2. The van der Waals surface area contributed by atoms with E-state index in [9.17, 15) is 35.5 Å². The van der Waals surface area contributed by atoms with E-state index in [0.717, 1.165) is 12.1 Å². The Morgan fingerprint density at radius 3 is 1.72 bits per heavy atom. The van der Waals surface area contributed by atoms with Crippen LogP contribution in [-0.4, -0.2) is 63.2 Å². The second-order valence-corrected chi connectivity index (χ2v) is 13.4. The first-order chi connectivity index (χ1) is 23.8. The Bertz CT molecular complexity index is 2450. The average molecular weight is 713 g/mol. The summed E-state index contributed by atoms with van der Waals surface area (Å²) in [5.74, 6) is -0.468. The summed E-state index contributed by atoms with van der Waals surface area (Å²) < 4.78 is 81.7. The molecule has 0 heterocycles. The normalized spacial score (nSPS) is 15.7. The highest BCUT2D eigenvalue weighted by Crippen LogP contribution is 2.36. The fourth-order valence-corrected chi connectivity index (χ4v) is 6.75. The Labute approximate surface area is 285 Å². The van der Waals surface area contributed by atoms with E-state index in [1.165, 1.54) is 56.7 Å². The minimum Gasteiger partial charge on any atom is -0.744 e. The molecular formula is C34H24N4O10S2-2. The van der Waals surface area contributed by atoms with Crippen LogP contribution in [0.4, 0.5) is 11.4 Å². The molecule has 254 valence electrons.